The Morgan fingerprint density at radius 2 is 1.06 bits per heavy atom. The fourth-order valence-electron chi connectivity index (χ4n) is 8.24. The molecule has 8 heterocycles. The molecule has 2 aliphatic rings. The minimum Gasteiger partial charge on any atom is -1.00 e. The SMILES string of the molecule is C.C.CCOC(=O)c1cc(OC)c(Cl)c2cncn12.COc1cc(C(O)C2CCCCC2)n2cncc2c1Cl.COc1cc(CO)n2cncc2c1Cl.COc1cc(OC)n2cncc2c1Cl.[B].[Br-].[CH-]1CCCCC1.[H-].[Mg+2].[Na+]. The molecule has 25 heteroatoms. The number of pyridine rings is 4. The zero-order chi connectivity index (χ0) is 51.0. The molecule has 2 saturated carbocycles. The third-order valence-electron chi connectivity index (χ3n) is 12.0. The Bertz CT molecular complexity index is 2920. The summed E-state index contributed by atoms with van der Waals surface area (Å²) in [5.74, 6) is 2.64. The van der Waals surface area contributed by atoms with Gasteiger partial charge in [0, 0.05) is 32.7 Å². The number of imidazole rings is 4. The number of aliphatic hydroxyl groups is 2. The second-order valence-electron chi connectivity index (χ2n) is 16.2. The van der Waals surface area contributed by atoms with E-state index in [1.165, 1.54) is 78.0 Å². The van der Waals surface area contributed by atoms with Gasteiger partial charge in [-0.1, -0.05) is 99.8 Å². The Labute approximate surface area is 523 Å². The van der Waals surface area contributed by atoms with E-state index in [2.05, 4.69) is 26.4 Å². The maximum Gasteiger partial charge on any atom is 2.00 e. The number of aliphatic hydroxyl groups excluding tert-OH is 2. The van der Waals surface area contributed by atoms with Crippen LogP contribution in [0, 0.1) is 12.3 Å². The van der Waals surface area contributed by atoms with Crippen molar-refractivity contribution in [2.24, 2.45) is 5.92 Å². The molecule has 0 spiro atoms. The molecular weight excluding hydrogens is 1160 g/mol. The number of hydrogen-bond donors (Lipinski definition) is 2. The van der Waals surface area contributed by atoms with E-state index in [9.17, 15) is 9.90 Å². The number of aromatic nitrogens is 8. The predicted molar refractivity (Wildman–Crippen MR) is 300 cm³/mol. The van der Waals surface area contributed by atoms with Gasteiger partial charge < -0.3 is 63.5 Å². The molecule has 0 bridgehead atoms. The maximum atomic E-state index is 11.8. The van der Waals surface area contributed by atoms with Gasteiger partial charge in [0.25, 0.3) is 0 Å². The van der Waals surface area contributed by atoms with Gasteiger partial charge in [0.2, 0.25) is 5.88 Å². The molecule has 0 aromatic carbocycles. The first-order valence-electron chi connectivity index (χ1n) is 23.0. The van der Waals surface area contributed by atoms with Crippen LogP contribution in [0.4, 0.5) is 0 Å². The number of ether oxygens (including phenoxy) is 6. The summed E-state index contributed by atoms with van der Waals surface area (Å²) in [7, 11) is 7.76. The van der Waals surface area contributed by atoms with Gasteiger partial charge in [-0.15, -0.1) is 0 Å². The Morgan fingerprint density at radius 1 is 0.649 bits per heavy atom. The Balaban J connectivity index is 0. The van der Waals surface area contributed by atoms with Crippen LogP contribution in [0.25, 0.3) is 22.1 Å². The molecule has 1 unspecified atom stereocenters. The van der Waals surface area contributed by atoms with E-state index in [-0.39, 0.29) is 101 Å². The molecule has 3 radical (unpaired) electrons. The molecule has 8 aromatic rings. The third kappa shape index (κ3) is 18.1. The van der Waals surface area contributed by atoms with Crippen LogP contribution < -0.4 is 70.2 Å². The van der Waals surface area contributed by atoms with Crippen molar-refractivity contribution in [1.29, 1.82) is 0 Å². The number of fused-ring (bicyclic) bond motifs is 4. The summed E-state index contributed by atoms with van der Waals surface area (Å²) in [6.07, 6.45) is 27.8. The fraction of sp³-hybridized carbons (Fsp3) is 0.423. The van der Waals surface area contributed by atoms with Gasteiger partial charge in [-0.25, -0.2) is 24.7 Å². The van der Waals surface area contributed by atoms with Crippen LogP contribution in [0.1, 0.15) is 115 Å². The van der Waals surface area contributed by atoms with Crippen molar-refractivity contribution in [3.05, 3.63) is 118 Å². The summed E-state index contributed by atoms with van der Waals surface area (Å²) < 4.78 is 37.7. The number of nitrogens with zero attached hydrogens (tertiary/aromatic N) is 8. The van der Waals surface area contributed by atoms with Gasteiger partial charge in [-0.05, 0) is 25.7 Å². The molecule has 2 fully saturated rings. The van der Waals surface area contributed by atoms with Gasteiger partial charge in [-0.3, -0.25) is 17.6 Å². The molecule has 77 heavy (non-hydrogen) atoms. The van der Waals surface area contributed by atoms with Crippen molar-refractivity contribution < 1.29 is 91.4 Å². The van der Waals surface area contributed by atoms with Crippen molar-refractivity contribution in [3.8, 4) is 28.9 Å². The summed E-state index contributed by atoms with van der Waals surface area (Å²) in [5, 5.41) is 21.8. The minimum absolute atomic E-state index is 0. The zero-order valence-corrected chi connectivity index (χ0v) is 51.2. The van der Waals surface area contributed by atoms with E-state index in [4.69, 9.17) is 79.9 Å². The number of methoxy groups -OCH3 is 5. The number of halogens is 5. The van der Waals surface area contributed by atoms with Crippen molar-refractivity contribution in [3.63, 3.8) is 0 Å². The van der Waals surface area contributed by atoms with Crippen LogP contribution in [-0.4, -0.2) is 127 Å². The largest absolute Gasteiger partial charge is 2.00 e. The molecule has 1 atom stereocenters. The fourth-order valence-corrected chi connectivity index (χ4v) is 9.33. The van der Waals surface area contributed by atoms with Crippen molar-refractivity contribution in [2.75, 3.05) is 42.2 Å². The average Bonchev–Trinajstić information content (AvgIpc) is 4.27. The monoisotopic (exact) mass is 1230 g/mol. The molecule has 2 N–H and O–H groups in total. The maximum absolute atomic E-state index is 11.8. The quantitative estimate of drug-likeness (QED) is 0.0917. The van der Waals surface area contributed by atoms with Crippen LogP contribution in [0.15, 0.2) is 74.4 Å². The van der Waals surface area contributed by atoms with E-state index in [1.807, 2.05) is 10.5 Å². The van der Waals surface area contributed by atoms with Crippen LogP contribution in [0.5, 0.6) is 28.9 Å². The first-order chi connectivity index (χ1) is 34.5. The second-order valence-corrected chi connectivity index (χ2v) is 17.7. The third-order valence-corrected chi connectivity index (χ3v) is 13.5. The van der Waals surface area contributed by atoms with Crippen molar-refractivity contribution in [1.82, 2.24) is 37.5 Å². The van der Waals surface area contributed by atoms with Crippen molar-refractivity contribution >= 4 is 106 Å². The first kappa shape index (κ1) is 73.6. The average molecular weight is 1230 g/mol. The van der Waals surface area contributed by atoms with Crippen LogP contribution in [0.2, 0.25) is 20.1 Å². The second kappa shape index (κ2) is 36.8. The molecule has 10 rings (SSSR count). The normalized spacial score (nSPS) is 12.8. The van der Waals surface area contributed by atoms with E-state index >= 15 is 0 Å². The molecule has 0 aliphatic heterocycles. The van der Waals surface area contributed by atoms with E-state index < -0.39 is 12.1 Å². The van der Waals surface area contributed by atoms with Gasteiger partial charge in [-0.2, -0.15) is 12.8 Å². The van der Waals surface area contributed by atoms with E-state index in [0.717, 1.165) is 35.1 Å². The number of esters is 1. The summed E-state index contributed by atoms with van der Waals surface area (Å²) >= 11 is 24.5. The van der Waals surface area contributed by atoms with E-state index in [0.29, 0.717) is 78.4 Å². The Hall–Kier alpha value is -3.38. The Morgan fingerprint density at radius 3 is 1.52 bits per heavy atom. The van der Waals surface area contributed by atoms with Crippen LogP contribution in [-0.2, 0) is 11.3 Å². The number of hydrogen-bond acceptors (Lipinski definition) is 13. The van der Waals surface area contributed by atoms with Gasteiger partial charge in [0.05, 0.1) is 132 Å². The summed E-state index contributed by atoms with van der Waals surface area (Å²) in [5.41, 5.74) is 4.72. The van der Waals surface area contributed by atoms with Crippen molar-refractivity contribution in [2.45, 2.75) is 98.7 Å². The van der Waals surface area contributed by atoms with Crippen LogP contribution in [0.3, 0.4) is 0 Å². The number of rotatable bonds is 10. The first-order valence-corrected chi connectivity index (χ1v) is 24.5. The number of carbonyl (C=O) groups is 1. The summed E-state index contributed by atoms with van der Waals surface area (Å²) in [6.45, 7) is 1.97. The van der Waals surface area contributed by atoms with Gasteiger partial charge >= 0.3 is 58.6 Å². The molecule has 0 amide bonds. The van der Waals surface area contributed by atoms with E-state index in [1.54, 1.807) is 97.4 Å². The van der Waals surface area contributed by atoms with Crippen LogP contribution >= 0.6 is 46.4 Å². The summed E-state index contributed by atoms with van der Waals surface area (Å²) in [4.78, 5) is 27.8. The molecule has 17 nitrogen and oxygen atoms in total. The molecule has 2 aliphatic carbocycles. The van der Waals surface area contributed by atoms with Gasteiger partial charge in [0.15, 0.2) is 0 Å². The minimum atomic E-state index is -0.502. The number of carbonyl (C=O) groups excluding carboxylic acids is 1. The topological polar surface area (TPSA) is 182 Å². The molecule has 0 saturated heterocycles. The smallest absolute Gasteiger partial charge is 1.00 e. The Kier molecular flexibility index (Phi) is 35.2. The summed E-state index contributed by atoms with van der Waals surface area (Å²) in [6, 6.07) is 6.78. The molecule has 8 aromatic heterocycles. The predicted octanol–water partition coefficient (Wildman–Crippen LogP) is 6.06. The standard InChI is InChI=1S/C15H19ClN2O2.C11H11ClN2O3.2C9H9ClN2O2.C6H11.2CH4.B.BrH.Mg.Na.H/c1-20-13-7-11(15(19)10-5-3-2-4-6-10)18-9-17-8-12(18)14(13)16;1-3-17-11(15)7-4-9(16-2)10(12)8-5-13-6-14(7)8;1-13-7-3-8(14-2)12-5-11-4-6(12)9(7)10;1-14-8-2-6(4-13)12-5-11-3-7(12)9(8)10;1-2-4-6-5-3-1;;;;;;;/h7-10,15,19H,2-6H2,1H3;4-6H,3H2,1-2H3;3-5H,1-2H3;2-3,5,13H,4H2,1H3;1H,2-6H2;2*1H4;;1H;;;/q;;;;-1;;;;;+2;+1;-1/p-1. The zero-order valence-electron chi connectivity index (χ0n) is 44.1. The van der Waals surface area contributed by atoms with Gasteiger partial charge in [0.1, 0.15) is 55.1 Å². The molecular formula is C52H68BBrCl4MgN8NaO9. The molecule has 411 valence electrons.